The molecule has 0 spiro atoms. The van der Waals surface area contributed by atoms with E-state index in [-0.39, 0.29) is 5.91 Å². The highest BCUT2D eigenvalue weighted by Crippen LogP contribution is 2.27. The molecule has 5 heteroatoms. The van der Waals surface area contributed by atoms with Gasteiger partial charge in [-0.3, -0.25) is 4.79 Å². The van der Waals surface area contributed by atoms with Crippen LogP contribution in [0.15, 0.2) is 18.2 Å². The van der Waals surface area contributed by atoms with Gasteiger partial charge in [0.2, 0.25) is 0 Å². The molecule has 0 bridgehead atoms. The molecule has 1 N–H and O–H groups in total. The number of carbonyl (C=O) groups is 1. The molecule has 0 saturated heterocycles. The first-order chi connectivity index (χ1) is 8.43. The predicted molar refractivity (Wildman–Crippen MR) is 66.7 cm³/mol. The summed E-state index contributed by atoms with van der Waals surface area (Å²) in [6.07, 6.45) is 0. The summed E-state index contributed by atoms with van der Waals surface area (Å²) in [5.41, 5.74) is -0.500. The second kappa shape index (κ2) is 5.41. The molecule has 0 radical (unpaired) electrons. The first kappa shape index (κ1) is 13.8. The van der Waals surface area contributed by atoms with Gasteiger partial charge in [-0.2, -0.15) is 5.26 Å². The van der Waals surface area contributed by atoms with E-state index in [4.69, 9.17) is 14.7 Å². The third-order valence-corrected chi connectivity index (χ3v) is 2.35. The van der Waals surface area contributed by atoms with Gasteiger partial charge in [-0.05, 0) is 32.0 Å². The first-order valence-electron chi connectivity index (χ1n) is 5.39. The van der Waals surface area contributed by atoms with Crippen molar-refractivity contribution < 1.29 is 14.3 Å². The van der Waals surface area contributed by atoms with Crippen molar-refractivity contribution in [3.05, 3.63) is 23.8 Å². The maximum absolute atomic E-state index is 11.9. The molecule has 1 aromatic rings. The SMILES string of the molecule is COc1ccc(C(=O)NC(C)(C)C#N)cc1OC. The lowest BCUT2D eigenvalue weighted by atomic mass is 10.1. The van der Waals surface area contributed by atoms with Gasteiger partial charge in [0, 0.05) is 5.56 Å². The highest BCUT2D eigenvalue weighted by molar-refractivity contribution is 5.95. The van der Waals surface area contributed by atoms with E-state index < -0.39 is 5.54 Å². The number of nitriles is 1. The van der Waals surface area contributed by atoms with Crippen LogP contribution in [-0.4, -0.2) is 25.7 Å². The van der Waals surface area contributed by atoms with Gasteiger partial charge in [0.1, 0.15) is 5.54 Å². The molecular weight excluding hydrogens is 232 g/mol. The van der Waals surface area contributed by atoms with Crippen molar-refractivity contribution in [3.63, 3.8) is 0 Å². The van der Waals surface area contributed by atoms with Crippen LogP contribution in [0, 0.1) is 11.3 Å². The first-order valence-corrected chi connectivity index (χ1v) is 5.39. The molecule has 1 rings (SSSR count). The van der Waals surface area contributed by atoms with Gasteiger partial charge in [-0.25, -0.2) is 0 Å². The Balaban J connectivity index is 2.98. The number of amides is 1. The minimum atomic E-state index is -0.912. The third-order valence-electron chi connectivity index (χ3n) is 2.35. The monoisotopic (exact) mass is 248 g/mol. The standard InChI is InChI=1S/C13H16N2O3/c1-13(2,8-14)15-12(16)9-5-6-10(17-3)11(7-9)18-4/h5-7H,1-4H3,(H,15,16). The van der Waals surface area contributed by atoms with E-state index in [1.807, 2.05) is 6.07 Å². The minimum Gasteiger partial charge on any atom is -0.493 e. The van der Waals surface area contributed by atoms with Crippen molar-refractivity contribution >= 4 is 5.91 Å². The fraction of sp³-hybridized carbons (Fsp3) is 0.385. The summed E-state index contributed by atoms with van der Waals surface area (Å²) >= 11 is 0. The molecule has 5 nitrogen and oxygen atoms in total. The Kier molecular flexibility index (Phi) is 4.16. The van der Waals surface area contributed by atoms with Crippen LogP contribution in [0.2, 0.25) is 0 Å². The molecule has 0 unspecified atom stereocenters. The largest absolute Gasteiger partial charge is 0.493 e. The van der Waals surface area contributed by atoms with Gasteiger partial charge in [-0.1, -0.05) is 0 Å². The summed E-state index contributed by atoms with van der Waals surface area (Å²) in [4.78, 5) is 11.9. The number of ether oxygens (including phenoxy) is 2. The van der Waals surface area contributed by atoms with Gasteiger partial charge >= 0.3 is 0 Å². The number of nitrogens with zero attached hydrogens (tertiary/aromatic N) is 1. The van der Waals surface area contributed by atoms with Crippen molar-refractivity contribution in [3.8, 4) is 17.6 Å². The zero-order valence-corrected chi connectivity index (χ0v) is 10.9. The number of carbonyl (C=O) groups excluding carboxylic acids is 1. The quantitative estimate of drug-likeness (QED) is 0.880. The molecule has 0 aromatic heterocycles. The zero-order valence-electron chi connectivity index (χ0n) is 10.9. The van der Waals surface area contributed by atoms with Crippen LogP contribution >= 0.6 is 0 Å². The van der Waals surface area contributed by atoms with E-state index in [0.29, 0.717) is 17.1 Å². The van der Waals surface area contributed by atoms with Crippen LogP contribution in [0.4, 0.5) is 0 Å². The van der Waals surface area contributed by atoms with Crippen molar-refractivity contribution in [2.75, 3.05) is 14.2 Å². The Morgan fingerprint density at radius 3 is 2.39 bits per heavy atom. The molecule has 18 heavy (non-hydrogen) atoms. The van der Waals surface area contributed by atoms with E-state index in [1.165, 1.54) is 14.2 Å². The van der Waals surface area contributed by atoms with Gasteiger partial charge in [-0.15, -0.1) is 0 Å². The molecule has 1 aromatic carbocycles. The van der Waals surface area contributed by atoms with E-state index in [1.54, 1.807) is 32.0 Å². The lowest BCUT2D eigenvalue weighted by molar-refractivity contribution is 0.0929. The Morgan fingerprint density at radius 2 is 1.89 bits per heavy atom. The summed E-state index contributed by atoms with van der Waals surface area (Å²) in [5, 5.41) is 11.5. The summed E-state index contributed by atoms with van der Waals surface area (Å²) in [7, 11) is 3.02. The Labute approximate surface area is 106 Å². The molecule has 0 aliphatic rings. The molecule has 0 saturated carbocycles. The second-order valence-electron chi connectivity index (χ2n) is 4.26. The number of methoxy groups -OCH3 is 2. The van der Waals surface area contributed by atoms with Crippen LogP contribution < -0.4 is 14.8 Å². The molecule has 0 fully saturated rings. The number of hydrogen-bond acceptors (Lipinski definition) is 4. The van der Waals surface area contributed by atoms with Crippen LogP contribution in [0.3, 0.4) is 0 Å². The van der Waals surface area contributed by atoms with Crippen LogP contribution in [0.25, 0.3) is 0 Å². The van der Waals surface area contributed by atoms with Crippen LogP contribution in [-0.2, 0) is 0 Å². The highest BCUT2D eigenvalue weighted by Gasteiger charge is 2.21. The van der Waals surface area contributed by atoms with E-state index in [0.717, 1.165) is 0 Å². The fourth-order valence-corrected chi connectivity index (χ4v) is 1.36. The number of rotatable bonds is 4. The molecule has 0 aliphatic carbocycles. The molecule has 0 atom stereocenters. The Hall–Kier alpha value is -2.22. The summed E-state index contributed by atoms with van der Waals surface area (Å²) < 4.78 is 10.2. The topological polar surface area (TPSA) is 71.3 Å². The van der Waals surface area contributed by atoms with Crippen molar-refractivity contribution in [1.82, 2.24) is 5.32 Å². The van der Waals surface area contributed by atoms with Gasteiger partial charge in [0.05, 0.1) is 20.3 Å². The third kappa shape index (κ3) is 3.14. The molecule has 1 amide bonds. The van der Waals surface area contributed by atoms with Crippen LogP contribution in [0.1, 0.15) is 24.2 Å². The number of nitrogens with one attached hydrogen (secondary N) is 1. The molecule has 96 valence electrons. The summed E-state index contributed by atoms with van der Waals surface area (Å²) in [5.74, 6) is 0.691. The maximum atomic E-state index is 11.9. The van der Waals surface area contributed by atoms with Crippen molar-refractivity contribution in [2.45, 2.75) is 19.4 Å². The fourth-order valence-electron chi connectivity index (χ4n) is 1.36. The van der Waals surface area contributed by atoms with Crippen molar-refractivity contribution in [1.29, 1.82) is 5.26 Å². The number of benzene rings is 1. The summed E-state index contributed by atoms with van der Waals surface area (Å²) in [6.45, 7) is 3.26. The minimum absolute atomic E-state index is 0.331. The average molecular weight is 248 g/mol. The summed E-state index contributed by atoms with van der Waals surface area (Å²) in [6, 6.07) is 6.84. The maximum Gasteiger partial charge on any atom is 0.252 e. The zero-order chi connectivity index (χ0) is 13.8. The molecular formula is C13H16N2O3. The van der Waals surface area contributed by atoms with E-state index in [9.17, 15) is 4.79 Å². The Morgan fingerprint density at radius 1 is 1.28 bits per heavy atom. The smallest absolute Gasteiger partial charge is 0.252 e. The predicted octanol–water partition coefficient (Wildman–Crippen LogP) is 1.74. The molecule has 0 aliphatic heterocycles. The second-order valence-corrected chi connectivity index (χ2v) is 4.26. The van der Waals surface area contributed by atoms with Gasteiger partial charge in [0.25, 0.3) is 5.91 Å². The Bertz CT molecular complexity index is 489. The lowest BCUT2D eigenvalue weighted by Gasteiger charge is -2.18. The van der Waals surface area contributed by atoms with Gasteiger partial charge < -0.3 is 14.8 Å². The van der Waals surface area contributed by atoms with E-state index in [2.05, 4.69) is 5.32 Å². The number of hydrogen-bond donors (Lipinski definition) is 1. The van der Waals surface area contributed by atoms with Crippen molar-refractivity contribution in [2.24, 2.45) is 0 Å². The van der Waals surface area contributed by atoms with Gasteiger partial charge in [0.15, 0.2) is 11.5 Å². The molecule has 0 heterocycles. The van der Waals surface area contributed by atoms with Crippen LogP contribution in [0.5, 0.6) is 11.5 Å². The normalized spacial score (nSPS) is 10.4. The average Bonchev–Trinajstić information content (AvgIpc) is 2.37. The lowest BCUT2D eigenvalue weighted by Crippen LogP contribution is -2.42. The highest BCUT2D eigenvalue weighted by atomic mass is 16.5. The van der Waals surface area contributed by atoms with E-state index >= 15 is 0 Å².